The number of nitrogens with zero attached hydrogens (tertiary/aromatic N) is 1. The van der Waals surface area contributed by atoms with Gasteiger partial charge in [0.15, 0.2) is 5.96 Å². The number of rotatable bonds is 9. The summed E-state index contributed by atoms with van der Waals surface area (Å²) >= 11 is 1.79. The van der Waals surface area contributed by atoms with Crippen molar-refractivity contribution in [1.82, 2.24) is 15.4 Å². The fourth-order valence-corrected chi connectivity index (χ4v) is 3.78. The Hall–Kier alpha value is -1.30. The summed E-state index contributed by atoms with van der Waals surface area (Å²) in [5.74, 6) is 1.68. The Morgan fingerprint density at radius 3 is 2.32 bits per heavy atom. The van der Waals surface area contributed by atoms with E-state index in [0.29, 0.717) is 6.54 Å². The molecule has 0 saturated carbocycles. The molecule has 0 fully saturated rings. The van der Waals surface area contributed by atoms with Gasteiger partial charge in [0.05, 0.1) is 11.4 Å². The molecule has 0 amide bonds. The maximum Gasteiger partial charge on any atom is 0.240 e. The van der Waals surface area contributed by atoms with Crippen LogP contribution in [0.2, 0.25) is 0 Å². The number of benzene rings is 2. The van der Waals surface area contributed by atoms with Crippen LogP contribution in [0.15, 0.2) is 69.4 Å². The molecule has 9 heteroatoms. The number of sulfonamides is 1. The fraction of sp³-hybridized carbons (Fsp3) is 0.316. The number of nitrogens with one attached hydrogen (secondary N) is 3. The highest BCUT2D eigenvalue weighted by Gasteiger charge is 2.10. The van der Waals surface area contributed by atoms with Gasteiger partial charge in [-0.15, -0.1) is 35.7 Å². The Balaban J connectivity index is 0.00000392. The maximum atomic E-state index is 11.8. The van der Waals surface area contributed by atoms with Crippen molar-refractivity contribution in [1.29, 1.82) is 0 Å². The third-order valence-electron chi connectivity index (χ3n) is 3.67. The second-order valence-corrected chi connectivity index (χ2v) is 8.69. The molecule has 0 aliphatic carbocycles. The van der Waals surface area contributed by atoms with E-state index >= 15 is 0 Å². The van der Waals surface area contributed by atoms with Crippen LogP contribution in [0.4, 0.5) is 0 Å². The van der Waals surface area contributed by atoms with Gasteiger partial charge in [0.2, 0.25) is 10.0 Å². The predicted octanol–water partition coefficient (Wildman–Crippen LogP) is 3.06. The van der Waals surface area contributed by atoms with Crippen molar-refractivity contribution in [3.63, 3.8) is 0 Å². The number of halogens is 1. The van der Waals surface area contributed by atoms with E-state index in [1.807, 2.05) is 25.1 Å². The lowest BCUT2D eigenvalue weighted by atomic mass is 10.2. The number of guanidine groups is 1. The molecule has 3 N–H and O–H groups in total. The largest absolute Gasteiger partial charge is 0.357 e. The van der Waals surface area contributed by atoms with Crippen LogP contribution in [-0.4, -0.2) is 40.3 Å². The van der Waals surface area contributed by atoms with E-state index in [-0.39, 0.29) is 28.9 Å². The van der Waals surface area contributed by atoms with Crippen molar-refractivity contribution >= 4 is 51.7 Å². The van der Waals surface area contributed by atoms with E-state index in [9.17, 15) is 8.42 Å². The molecule has 0 aliphatic heterocycles. The first kappa shape index (κ1) is 24.7. The zero-order valence-electron chi connectivity index (χ0n) is 16.0. The number of hydrogen-bond acceptors (Lipinski definition) is 4. The van der Waals surface area contributed by atoms with Crippen LogP contribution in [0, 0.1) is 0 Å². The lowest BCUT2D eigenvalue weighted by molar-refractivity contribution is 0.588. The summed E-state index contributed by atoms with van der Waals surface area (Å²) in [4.78, 5) is 6.06. The first-order chi connectivity index (χ1) is 13.0. The molecule has 2 aromatic rings. The van der Waals surface area contributed by atoms with Crippen LogP contribution in [0.5, 0.6) is 0 Å². The van der Waals surface area contributed by atoms with Gasteiger partial charge in [-0.05, 0) is 43.8 Å². The zero-order chi connectivity index (χ0) is 19.5. The highest BCUT2D eigenvalue weighted by atomic mass is 127. The first-order valence-electron chi connectivity index (χ1n) is 8.77. The van der Waals surface area contributed by atoms with Gasteiger partial charge in [0.25, 0.3) is 0 Å². The SMILES string of the molecule is CCNC(=NCc1ccc(S(=O)(=O)NC)cc1)NCCSc1ccccc1.I. The summed E-state index contributed by atoms with van der Waals surface area (Å²) in [6.45, 7) is 4.07. The molecule has 0 saturated heterocycles. The standard InChI is InChI=1S/C19H26N4O2S2.HI/c1-3-21-19(22-13-14-26-17-7-5-4-6-8-17)23-15-16-9-11-18(12-10-16)27(24,25)20-2;/h4-12,20H,3,13-15H2,1-2H3,(H2,21,22,23);1H. The predicted molar refractivity (Wildman–Crippen MR) is 128 cm³/mol. The third kappa shape index (κ3) is 8.38. The van der Waals surface area contributed by atoms with E-state index in [2.05, 4.69) is 32.5 Å². The molecule has 154 valence electrons. The normalized spacial score (nSPS) is 11.6. The van der Waals surface area contributed by atoms with Crippen LogP contribution in [0.3, 0.4) is 0 Å². The highest BCUT2D eigenvalue weighted by molar-refractivity contribution is 14.0. The average molecular weight is 534 g/mol. The lowest BCUT2D eigenvalue weighted by Crippen LogP contribution is -2.38. The molecule has 0 atom stereocenters. The Bertz CT molecular complexity index is 829. The van der Waals surface area contributed by atoms with E-state index in [1.54, 1.807) is 36.0 Å². The Kier molecular flexibility index (Phi) is 11.5. The summed E-state index contributed by atoms with van der Waals surface area (Å²) in [7, 11) is -2.00. The Morgan fingerprint density at radius 2 is 1.71 bits per heavy atom. The van der Waals surface area contributed by atoms with Crippen LogP contribution in [0.25, 0.3) is 0 Å². The van der Waals surface area contributed by atoms with Crippen molar-refractivity contribution in [2.75, 3.05) is 25.9 Å². The summed E-state index contributed by atoms with van der Waals surface area (Å²) in [6, 6.07) is 17.0. The fourth-order valence-electron chi connectivity index (χ4n) is 2.26. The van der Waals surface area contributed by atoms with Crippen LogP contribution in [0.1, 0.15) is 12.5 Å². The van der Waals surface area contributed by atoms with Crippen LogP contribution < -0.4 is 15.4 Å². The quantitative estimate of drug-likeness (QED) is 0.152. The molecular formula is C19H27IN4O2S2. The van der Waals surface area contributed by atoms with Gasteiger partial charge in [0.1, 0.15) is 0 Å². The zero-order valence-corrected chi connectivity index (χ0v) is 20.0. The van der Waals surface area contributed by atoms with Gasteiger partial charge < -0.3 is 10.6 Å². The van der Waals surface area contributed by atoms with Gasteiger partial charge >= 0.3 is 0 Å². The van der Waals surface area contributed by atoms with Crippen molar-refractivity contribution in [3.8, 4) is 0 Å². The van der Waals surface area contributed by atoms with Crippen molar-refractivity contribution in [2.45, 2.75) is 23.3 Å². The number of hydrogen-bond donors (Lipinski definition) is 3. The van der Waals surface area contributed by atoms with Crippen molar-refractivity contribution in [2.24, 2.45) is 4.99 Å². The molecule has 2 aromatic carbocycles. The average Bonchev–Trinajstić information content (AvgIpc) is 2.70. The van der Waals surface area contributed by atoms with Gasteiger partial charge in [-0.25, -0.2) is 18.1 Å². The molecule has 0 unspecified atom stereocenters. The van der Waals surface area contributed by atoms with E-state index in [0.717, 1.165) is 30.4 Å². The molecule has 0 spiro atoms. The monoisotopic (exact) mass is 534 g/mol. The lowest BCUT2D eigenvalue weighted by Gasteiger charge is -2.11. The molecule has 6 nitrogen and oxygen atoms in total. The summed E-state index contributed by atoms with van der Waals surface area (Å²) in [5.41, 5.74) is 0.945. The molecule has 0 radical (unpaired) electrons. The Morgan fingerprint density at radius 1 is 1.04 bits per heavy atom. The first-order valence-corrected chi connectivity index (χ1v) is 11.2. The highest BCUT2D eigenvalue weighted by Crippen LogP contribution is 2.15. The molecule has 2 rings (SSSR count). The minimum atomic E-state index is -3.41. The van der Waals surface area contributed by atoms with E-state index in [4.69, 9.17) is 0 Å². The van der Waals surface area contributed by atoms with Crippen molar-refractivity contribution in [3.05, 3.63) is 60.2 Å². The van der Waals surface area contributed by atoms with E-state index < -0.39 is 10.0 Å². The Labute approximate surface area is 189 Å². The summed E-state index contributed by atoms with van der Waals surface area (Å²) < 4.78 is 25.8. The molecule has 0 aliphatic rings. The molecule has 0 bridgehead atoms. The van der Waals surface area contributed by atoms with Crippen molar-refractivity contribution < 1.29 is 8.42 Å². The third-order valence-corrected chi connectivity index (χ3v) is 6.12. The minimum Gasteiger partial charge on any atom is -0.357 e. The van der Waals surface area contributed by atoms with Gasteiger partial charge in [-0.1, -0.05) is 30.3 Å². The summed E-state index contributed by atoms with van der Waals surface area (Å²) in [5, 5.41) is 6.54. The second-order valence-electron chi connectivity index (χ2n) is 5.63. The topological polar surface area (TPSA) is 82.6 Å². The minimum absolute atomic E-state index is 0. The molecule has 28 heavy (non-hydrogen) atoms. The van der Waals surface area contributed by atoms with Gasteiger partial charge in [-0.2, -0.15) is 0 Å². The smallest absolute Gasteiger partial charge is 0.240 e. The van der Waals surface area contributed by atoms with Gasteiger partial charge in [-0.3, -0.25) is 0 Å². The summed E-state index contributed by atoms with van der Waals surface area (Å²) in [6.07, 6.45) is 0. The second kappa shape index (κ2) is 13.0. The van der Waals surface area contributed by atoms with Gasteiger partial charge in [0, 0.05) is 23.7 Å². The van der Waals surface area contributed by atoms with Crippen LogP contribution in [-0.2, 0) is 16.6 Å². The molecular weight excluding hydrogens is 507 g/mol. The number of aliphatic imine (C=N–C) groups is 1. The molecule has 0 heterocycles. The number of thioether (sulfide) groups is 1. The van der Waals surface area contributed by atoms with E-state index in [1.165, 1.54) is 11.9 Å². The maximum absolute atomic E-state index is 11.8. The van der Waals surface area contributed by atoms with Crippen LogP contribution >= 0.6 is 35.7 Å². The molecule has 0 aromatic heterocycles.